The van der Waals surface area contributed by atoms with Gasteiger partial charge in [-0.1, -0.05) is 67.2 Å². The zero-order valence-corrected chi connectivity index (χ0v) is 17.4. The fourth-order valence-corrected chi connectivity index (χ4v) is 4.89. The second-order valence-corrected chi connectivity index (χ2v) is 8.65. The molecule has 1 N–H and O–H groups in total. The van der Waals surface area contributed by atoms with Crippen molar-refractivity contribution in [1.82, 2.24) is 10.2 Å². The highest BCUT2D eigenvalue weighted by Crippen LogP contribution is 2.42. The van der Waals surface area contributed by atoms with Gasteiger partial charge in [0.15, 0.2) is 5.78 Å². The van der Waals surface area contributed by atoms with Crippen LogP contribution in [-0.2, 0) is 17.8 Å². The van der Waals surface area contributed by atoms with E-state index in [9.17, 15) is 4.79 Å². The average molecular weight is 422 g/mol. The third-order valence-corrected chi connectivity index (χ3v) is 6.59. The highest BCUT2D eigenvalue weighted by atomic mass is 32.2. The molecule has 1 fully saturated rings. The standard InChI is InChI=1S/C22H19N3O2S2/c1-2-18-24-25-22(29-18)19-20(26)17(28-21(19)23)12-15-10-6-7-11-16(15)27-13-14-8-4-3-5-9-14/h3-12,19,23H,2,13H2,1H3/b17-12-,23-21?/t19-/m1/s1. The molecule has 1 aliphatic rings. The molecule has 0 bridgehead atoms. The quantitative estimate of drug-likeness (QED) is 0.561. The first-order valence-electron chi connectivity index (χ1n) is 9.26. The van der Waals surface area contributed by atoms with Crippen molar-refractivity contribution in [3.63, 3.8) is 0 Å². The van der Waals surface area contributed by atoms with Crippen LogP contribution >= 0.6 is 23.1 Å². The molecule has 3 aromatic rings. The summed E-state index contributed by atoms with van der Waals surface area (Å²) >= 11 is 2.60. The van der Waals surface area contributed by atoms with Crippen molar-refractivity contribution < 1.29 is 9.53 Å². The summed E-state index contributed by atoms with van der Waals surface area (Å²) in [5.41, 5.74) is 1.89. The van der Waals surface area contributed by atoms with E-state index >= 15 is 0 Å². The summed E-state index contributed by atoms with van der Waals surface area (Å²) in [5, 5.41) is 18.3. The summed E-state index contributed by atoms with van der Waals surface area (Å²) in [4.78, 5) is 13.5. The lowest BCUT2D eigenvalue weighted by molar-refractivity contribution is -0.114. The van der Waals surface area contributed by atoms with Gasteiger partial charge in [-0.2, -0.15) is 0 Å². The van der Waals surface area contributed by atoms with Gasteiger partial charge in [0.05, 0.1) is 9.95 Å². The Bertz CT molecular complexity index is 1080. The van der Waals surface area contributed by atoms with Crippen LogP contribution in [0.15, 0.2) is 59.5 Å². The van der Waals surface area contributed by atoms with Gasteiger partial charge in [0.1, 0.15) is 28.3 Å². The van der Waals surface area contributed by atoms with E-state index in [1.165, 1.54) is 23.1 Å². The van der Waals surface area contributed by atoms with Gasteiger partial charge in [-0.3, -0.25) is 10.2 Å². The Morgan fingerprint density at radius 3 is 2.62 bits per heavy atom. The summed E-state index contributed by atoms with van der Waals surface area (Å²) in [7, 11) is 0. The molecule has 1 atom stereocenters. The maximum atomic E-state index is 13.0. The van der Waals surface area contributed by atoms with E-state index in [1.54, 1.807) is 0 Å². The molecule has 2 aromatic carbocycles. The molecule has 1 aliphatic heterocycles. The first-order chi connectivity index (χ1) is 14.2. The van der Waals surface area contributed by atoms with E-state index in [-0.39, 0.29) is 5.78 Å². The largest absolute Gasteiger partial charge is 0.488 e. The molecule has 29 heavy (non-hydrogen) atoms. The lowest BCUT2D eigenvalue weighted by Crippen LogP contribution is -2.11. The number of Topliss-reactive ketones (excluding diaryl/α,β-unsaturated/α-hetero) is 1. The molecule has 4 rings (SSSR count). The Morgan fingerprint density at radius 1 is 1.10 bits per heavy atom. The monoisotopic (exact) mass is 421 g/mol. The second-order valence-electron chi connectivity index (χ2n) is 6.47. The first-order valence-corrected chi connectivity index (χ1v) is 10.9. The Hall–Kier alpha value is -2.77. The Kier molecular flexibility index (Phi) is 5.87. The number of carbonyl (C=O) groups is 1. The third-order valence-electron chi connectivity index (χ3n) is 4.46. The zero-order valence-electron chi connectivity index (χ0n) is 15.8. The molecule has 7 heteroatoms. The number of allylic oxidation sites excluding steroid dienone is 1. The lowest BCUT2D eigenvalue weighted by Gasteiger charge is -2.09. The summed E-state index contributed by atoms with van der Waals surface area (Å²) < 4.78 is 5.99. The summed E-state index contributed by atoms with van der Waals surface area (Å²) in [6.07, 6.45) is 2.58. The van der Waals surface area contributed by atoms with E-state index in [0.29, 0.717) is 27.3 Å². The molecule has 0 amide bonds. The van der Waals surface area contributed by atoms with Crippen molar-refractivity contribution >= 4 is 40.0 Å². The fourth-order valence-electron chi connectivity index (χ4n) is 2.95. The van der Waals surface area contributed by atoms with E-state index in [0.717, 1.165) is 22.6 Å². The molecule has 0 spiro atoms. The van der Waals surface area contributed by atoms with Crippen LogP contribution in [0.4, 0.5) is 0 Å². The maximum Gasteiger partial charge on any atom is 0.186 e. The van der Waals surface area contributed by atoms with Crippen molar-refractivity contribution in [2.45, 2.75) is 25.9 Å². The molecular formula is C22H19N3O2S2. The number of rotatable bonds is 6. The van der Waals surface area contributed by atoms with E-state index in [2.05, 4.69) is 10.2 Å². The average Bonchev–Trinajstić information content (AvgIpc) is 3.32. The van der Waals surface area contributed by atoms with Gasteiger partial charge < -0.3 is 4.74 Å². The predicted molar refractivity (Wildman–Crippen MR) is 118 cm³/mol. The number of aryl methyl sites for hydroxylation is 1. The number of thioether (sulfide) groups is 1. The molecule has 5 nitrogen and oxygen atoms in total. The number of ether oxygens (including phenoxy) is 1. The predicted octanol–water partition coefficient (Wildman–Crippen LogP) is 5.10. The lowest BCUT2D eigenvalue weighted by atomic mass is 10.0. The molecule has 2 heterocycles. The van der Waals surface area contributed by atoms with E-state index in [4.69, 9.17) is 10.1 Å². The van der Waals surface area contributed by atoms with E-state index in [1.807, 2.05) is 67.6 Å². The zero-order chi connectivity index (χ0) is 20.2. The Labute approximate surface area is 177 Å². The van der Waals surface area contributed by atoms with Crippen molar-refractivity contribution in [2.75, 3.05) is 0 Å². The van der Waals surface area contributed by atoms with Gasteiger partial charge in [0.2, 0.25) is 0 Å². The number of para-hydroxylation sites is 1. The van der Waals surface area contributed by atoms with E-state index < -0.39 is 5.92 Å². The highest BCUT2D eigenvalue weighted by Gasteiger charge is 2.39. The number of aromatic nitrogens is 2. The molecule has 146 valence electrons. The minimum atomic E-state index is -0.638. The summed E-state index contributed by atoms with van der Waals surface area (Å²) in [5.74, 6) is -0.0328. The van der Waals surface area contributed by atoms with Crippen LogP contribution in [0.1, 0.15) is 34.0 Å². The van der Waals surface area contributed by atoms with Crippen molar-refractivity contribution in [3.05, 3.63) is 80.6 Å². The highest BCUT2D eigenvalue weighted by molar-refractivity contribution is 8.19. The van der Waals surface area contributed by atoms with Crippen molar-refractivity contribution in [1.29, 1.82) is 5.41 Å². The first kappa shape index (κ1) is 19.5. The van der Waals surface area contributed by atoms with Crippen LogP contribution in [0.25, 0.3) is 6.08 Å². The summed E-state index contributed by atoms with van der Waals surface area (Å²) in [6.45, 7) is 2.45. The number of nitrogens with one attached hydrogen (secondary N) is 1. The molecule has 0 saturated carbocycles. The number of benzene rings is 2. The summed E-state index contributed by atoms with van der Waals surface area (Å²) in [6, 6.07) is 17.6. The number of carbonyl (C=O) groups excluding carboxylic acids is 1. The molecule has 1 aromatic heterocycles. The smallest absolute Gasteiger partial charge is 0.186 e. The van der Waals surface area contributed by atoms with Crippen molar-refractivity contribution in [3.8, 4) is 5.75 Å². The number of ketones is 1. The minimum Gasteiger partial charge on any atom is -0.488 e. The van der Waals surface area contributed by atoms with Gasteiger partial charge in [-0.25, -0.2) is 0 Å². The van der Waals surface area contributed by atoms with Crippen LogP contribution in [0.5, 0.6) is 5.75 Å². The second kappa shape index (κ2) is 8.71. The number of hydrogen-bond acceptors (Lipinski definition) is 7. The fraction of sp³-hybridized carbons (Fsp3) is 0.182. The van der Waals surface area contributed by atoms with Crippen LogP contribution in [0.2, 0.25) is 0 Å². The minimum absolute atomic E-state index is 0.100. The third kappa shape index (κ3) is 4.31. The molecular weight excluding hydrogens is 402 g/mol. The van der Waals surface area contributed by atoms with Gasteiger partial charge >= 0.3 is 0 Å². The van der Waals surface area contributed by atoms with Gasteiger partial charge in [-0.15, -0.1) is 21.5 Å². The van der Waals surface area contributed by atoms with Crippen LogP contribution in [-0.4, -0.2) is 21.0 Å². The molecule has 0 radical (unpaired) electrons. The maximum absolute atomic E-state index is 13.0. The van der Waals surface area contributed by atoms with Crippen LogP contribution in [0, 0.1) is 5.41 Å². The number of hydrogen-bond donors (Lipinski definition) is 1. The normalized spacial score (nSPS) is 17.8. The number of nitrogens with zero attached hydrogens (tertiary/aromatic N) is 2. The van der Waals surface area contributed by atoms with Crippen LogP contribution in [0.3, 0.4) is 0 Å². The molecule has 0 aliphatic carbocycles. The Balaban J connectivity index is 1.56. The van der Waals surface area contributed by atoms with Crippen molar-refractivity contribution in [2.24, 2.45) is 0 Å². The Morgan fingerprint density at radius 2 is 1.86 bits per heavy atom. The van der Waals surface area contributed by atoms with Gasteiger partial charge in [0, 0.05) is 5.56 Å². The molecule has 0 unspecified atom stereocenters. The topological polar surface area (TPSA) is 75.9 Å². The van der Waals surface area contributed by atoms with Crippen LogP contribution < -0.4 is 4.74 Å². The molecule has 1 saturated heterocycles. The van der Waals surface area contributed by atoms with Gasteiger partial charge in [-0.05, 0) is 24.1 Å². The van der Waals surface area contributed by atoms with Gasteiger partial charge in [0.25, 0.3) is 0 Å². The SMILES string of the molecule is CCc1nnc([C@H]2C(=N)S/C(=C\c3ccccc3OCc3ccccc3)C2=O)s1.